The molecular formula is C27H41BrN4O2. The lowest BCUT2D eigenvalue weighted by molar-refractivity contribution is -0.129. The predicted octanol–water partition coefficient (Wildman–Crippen LogP) is 4.15. The molecule has 2 saturated heterocycles. The maximum atomic E-state index is 13.4. The topological polar surface area (TPSA) is 55.9 Å². The molecule has 1 saturated carbocycles. The second-order valence-corrected chi connectivity index (χ2v) is 11.3. The average Bonchev–Trinajstić information content (AvgIpc) is 3.37. The zero-order chi connectivity index (χ0) is 23.9. The monoisotopic (exact) mass is 532 g/mol. The Labute approximate surface area is 213 Å². The average molecular weight is 534 g/mol. The summed E-state index contributed by atoms with van der Waals surface area (Å²) in [6.07, 6.45) is 9.69. The van der Waals surface area contributed by atoms with E-state index in [0.29, 0.717) is 25.0 Å². The van der Waals surface area contributed by atoms with Crippen LogP contribution in [0.1, 0.15) is 68.6 Å². The van der Waals surface area contributed by atoms with Crippen molar-refractivity contribution in [2.24, 2.45) is 5.92 Å². The minimum Gasteiger partial charge on any atom is -0.355 e. The second-order valence-electron chi connectivity index (χ2n) is 10.4. The maximum Gasteiger partial charge on any atom is 0.253 e. The van der Waals surface area contributed by atoms with Gasteiger partial charge in [-0.05, 0) is 69.7 Å². The van der Waals surface area contributed by atoms with Crippen molar-refractivity contribution in [1.82, 2.24) is 20.0 Å². The molecule has 0 aromatic heterocycles. The summed E-state index contributed by atoms with van der Waals surface area (Å²) in [5.74, 6) is 0.717. The van der Waals surface area contributed by atoms with Crippen molar-refractivity contribution in [3.8, 4) is 0 Å². The van der Waals surface area contributed by atoms with Gasteiger partial charge in [0.25, 0.3) is 5.91 Å². The highest BCUT2D eigenvalue weighted by Gasteiger charge is 2.37. The van der Waals surface area contributed by atoms with Crippen LogP contribution in [0.5, 0.6) is 0 Å². The van der Waals surface area contributed by atoms with Gasteiger partial charge in [0.05, 0.1) is 6.04 Å². The first-order valence-corrected chi connectivity index (χ1v) is 14.1. The molecule has 6 nitrogen and oxygen atoms in total. The van der Waals surface area contributed by atoms with Gasteiger partial charge in [-0.3, -0.25) is 14.5 Å². The number of hydrogen-bond donors (Lipinski definition) is 1. The molecule has 0 spiro atoms. The van der Waals surface area contributed by atoms with Crippen molar-refractivity contribution < 1.29 is 9.59 Å². The minimum atomic E-state index is -0.0560. The van der Waals surface area contributed by atoms with Crippen LogP contribution in [0.4, 0.5) is 0 Å². The Balaban J connectivity index is 1.29. The summed E-state index contributed by atoms with van der Waals surface area (Å²) in [6, 6.07) is 8.21. The van der Waals surface area contributed by atoms with Gasteiger partial charge in [0.1, 0.15) is 0 Å². The molecule has 34 heavy (non-hydrogen) atoms. The van der Waals surface area contributed by atoms with Gasteiger partial charge >= 0.3 is 0 Å². The predicted molar refractivity (Wildman–Crippen MR) is 140 cm³/mol. The summed E-state index contributed by atoms with van der Waals surface area (Å²) in [7, 11) is 0. The number of rotatable bonds is 8. The number of hydrogen-bond acceptors (Lipinski definition) is 4. The van der Waals surface area contributed by atoms with Crippen LogP contribution < -0.4 is 5.32 Å². The highest BCUT2D eigenvalue weighted by molar-refractivity contribution is 9.10. The number of benzene rings is 1. The van der Waals surface area contributed by atoms with E-state index in [4.69, 9.17) is 0 Å². The highest BCUT2D eigenvalue weighted by Crippen LogP contribution is 2.31. The summed E-state index contributed by atoms with van der Waals surface area (Å²) in [5.41, 5.74) is 0.718. The summed E-state index contributed by atoms with van der Waals surface area (Å²) in [5, 5.41) is 3.28. The SMILES string of the molecule is C[C@H]1CCCCN1CCCNC(=O)[C@@H](C1CCCC1)N1CCN(C(=O)c2cccc(Br)c2)CC1. The Morgan fingerprint density at radius 1 is 1.03 bits per heavy atom. The quantitative estimate of drug-likeness (QED) is 0.511. The first-order chi connectivity index (χ1) is 16.5. The number of halogens is 1. The first-order valence-electron chi connectivity index (χ1n) is 13.3. The number of piperazine rings is 1. The number of nitrogens with one attached hydrogen (secondary N) is 1. The molecule has 0 radical (unpaired) electrons. The molecule has 0 unspecified atom stereocenters. The molecule has 2 heterocycles. The molecule has 2 atom stereocenters. The largest absolute Gasteiger partial charge is 0.355 e. The van der Waals surface area contributed by atoms with Crippen molar-refractivity contribution in [2.75, 3.05) is 45.8 Å². The maximum absolute atomic E-state index is 13.4. The molecule has 2 amide bonds. The molecule has 1 aromatic carbocycles. The van der Waals surface area contributed by atoms with E-state index in [-0.39, 0.29) is 17.9 Å². The lowest BCUT2D eigenvalue weighted by Crippen LogP contribution is -2.58. The van der Waals surface area contributed by atoms with Crippen molar-refractivity contribution >= 4 is 27.7 Å². The van der Waals surface area contributed by atoms with Gasteiger partial charge in [-0.15, -0.1) is 0 Å². The third-order valence-corrected chi connectivity index (χ3v) is 8.54. The number of likely N-dealkylation sites (tertiary alicyclic amines) is 1. The Morgan fingerprint density at radius 3 is 2.47 bits per heavy atom. The first kappa shape index (κ1) is 25.6. The van der Waals surface area contributed by atoms with Gasteiger partial charge < -0.3 is 15.1 Å². The number of nitrogens with zero attached hydrogens (tertiary/aromatic N) is 3. The molecule has 1 aromatic rings. The zero-order valence-corrected chi connectivity index (χ0v) is 22.3. The summed E-state index contributed by atoms with van der Waals surface area (Å²) in [6.45, 7) is 8.23. The Kier molecular flexibility index (Phi) is 9.43. The molecular weight excluding hydrogens is 492 g/mol. The number of piperidine rings is 1. The molecule has 0 bridgehead atoms. The zero-order valence-electron chi connectivity index (χ0n) is 20.7. The summed E-state index contributed by atoms with van der Waals surface area (Å²) >= 11 is 3.46. The van der Waals surface area contributed by atoms with Gasteiger partial charge in [-0.1, -0.05) is 41.3 Å². The normalized spacial score (nSPS) is 23.7. The summed E-state index contributed by atoms with van der Waals surface area (Å²) < 4.78 is 0.921. The molecule has 1 aliphatic carbocycles. The second kappa shape index (κ2) is 12.5. The van der Waals surface area contributed by atoms with E-state index in [1.807, 2.05) is 29.2 Å². The van der Waals surface area contributed by atoms with E-state index in [9.17, 15) is 9.59 Å². The van der Waals surface area contributed by atoms with Crippen LogP contribution in [-0.2, 0) is 4.79 Å². The third kappa shape index (κ3) is 6.61. The third-order valence-electron chi connectivity index (χ3n) is 8.04. The van der Waals surface area contributed by atoms with E-state index in [1.54, 1.807) is 0 Å². The molecule has 1 N–H and O–H groups in total. The van der Waals surface area contributed by atoms with Gasteiger partial charge in [0.2, 0.25) is 5.91 Å². The lowest BCUT2D eigenvalue weighted by Gasteiger charge is -2.41. The van der Waals surface area contributed by atoms with Crippen LogP contribution in [0.3, 0.4) is 0 Å². The molecule has 188 valence electrons. The minimum absolute atomic E-state index is 0.0560. The van der Waals surface area contributed by atoms with Crippen molar-refractivity contribution in [3.05, 3.63) is 34.3 Å². The van der Waals surface area contributed by atoms with E-state index in [1.165, 1.54) is 38.6 Å². The molecule has 3 fully saturated rings. The fourth-order valence-corrected chi connectivity index (χ4v) is 6.45. The molecule has 4 rings (SSSR count). The Morgan fingerprint density at radius 2 is 1.76 bits per heavy atom. The van der Waals surface area contributed by atoms with Gasteiger partial charge in [0, 0.05) is 55.3 Å². The summed E-state index contributed by atoms with van der Waals surface area (Å²) in [4.78, 5) is 33.2. The van der Waals surface area contributed by atoms with Crippen LogP contribution in [0, 0.1) is 5.92 Å². The van der Waals surface area contributed by atoms with E-state index < -0.39 is 0 Å². The highest BCUT2D eigenvalue weighted by atomic mass is 79.9. The van der Waals surface area contributed by atoms with Crippen molar-refractivity contribution in [2.45, 2.75) is 70.4 Å². The van der Waals surface area contributed by atoms with Gasteiger partial charge in [-0.25, -0.2) is 0 Å². The fraction of sp³-hybridized carbons (Fsp3) is 0.704. The van der Waals surface area contributed by atoms with E-state index >= 15 is 0 Å². The number of carbonyl (C=O) groups is 2. The van der Waals surface area contributed by atoms with Crippen LogP contribution in [0.2, 0.25) is 0 Å². The Hall–Kier alpha value is -1.44. The standard InChI is InChI=1S/C27H41BrN4O2/c1-21-8-4-5-14-30(21)15-7-13-29-26(33)25(22-9-2-3-10-22)31-16-18-32(19-17-31)27(34)23-11-6-12-24(28)20-23/h6,11-12,20-22,25H,2-5,7-10,13-19H2,1H3,(H,29,33)/t21-,25+/m0/s1. The van der Waals surface area contributed by atoms with Crippen molar-refractivity contribution in [3.63, 3.8) is 0 Å². The fourth-order valence-electron chi connectivity index (χ4n) is 6.05. The molecule has 3 aliphatic rings. The van der Waals surface area contributed by atoms with Crippen LogP contribution in [-0.4, -0.2) is 84.4 Å². The van der Waals surface area contributed by atoms with E-state index in [2.05, 4.69) is 38.0 Å². The van der Waals surface area contributed by atoms with E-state index in [0.717, 1.165) is 55.5 Å². The van der Waals surface area contributed by atoms with Crippen LogP contribution in [0.15, 0.2) is 28.7 Å². The smallest absolute Gasteiger partial charge is 0.253 e. The number of amides is 2. The van der Waals surface area contributed by atoms with Crippen LogP contribution >= 0.6 is 15.9 Å². The Bertz CT molecular complexity index is 821. The lowest BCUT2D eigenvalue weighted by atomic mass is 9.95. The molecule has 2 aliphatic heterocycles. The van der Waals surface area contributed by atoms with Crippen molar-refractivity contribution in [1.29, 1.82) is 0 Å². The van der Waals surface area contributed by atoms with Gasteiger partial charge in [0.15, 0.2) is 0 Å². The number of carbonyl (C=O) groups excluding carboxylic acids is 2. The van der Waals surface area contributed by atoms with Gasteiger partial charge in [-0.2, -0.15) is 0 Å². The van der Waals surface area contributed by atoms with Crippen LogP contribution in [0.25, 0.3) is 0 Å². The molecule has 7 heteroatoms.